The Hall–Kier alpha value is -2.69. The maximum Gasteiger partial charge on any atom is 0.337 e. The fraction of sp³-hybridized carbons (Fsp3) is 0.188. The van der Waals surface area contributed by atoms with Gasteiger partial charge in [-0.2, -0.15) is 0 Å². The van der Waals surface area contributed by atoms with Crippen molar-refractivity contribution in [3.05, 3.63) is 53.6 Å². The molecule has 1 atom stereocenters. The van der Waals surface area contributed by atoms with Crippen LogP contribution < -0.4 is 10.1 Å². The van der Waals surface area contributed by atoms with Crippen molar-refractivity contribution in [1.82, 2.24) is 0 Å². The molecule has 0 heterocycles. The molecule has 0 aliphatic rings. The molecule has 0 spiro atoms. The summed E-state index contributed by atoms with van der Waals surface area (Å²) in [6.07, 6.45) is 0. The Balaban J connectivity index is 2.30. The monoisotopic (exact) mass is 287 g/mol. The number of hydrogen-bond donors (Lipinski definition) is 3. The van der Waals surface area contributed by atoms with E-state index in [9.17, 15) is 15.0 Å². The number of anilines is 1. The van der Waals surface area contributed by atoms with E-state index in [4.69, 9.17) is 4.74 Å². The van der Waals surface area contributed by atoms with Crippen LogP contribution in [0.1, 0.15) is 28.9 Å². The van der Waals surface area contributed by atoms with Gasteiger partial charge in [0.1, 0.15) is 11.5 Å². The van der Waals surface area contributed by atoms with Gasteiger partial charge in [0, 0.05) is 11.3 Å². The van der Waals surface area contributed by atoms with Crippen LogP contribution in [-0.4, -0.2) is 23.3 Å². The number of carboxylic acids is 1. The highest BCUT2D eigenvalue weighted by Gasteiger charge is 2.15. The molecule has 0 radical (unpaired) electrons. The Labute approximate surface area is 122 Å². The molecule has 0 aliphatic carbocycles. The summed E-state index contributed by atoms with van der Waals surface area (Å²) < 4.78 is 5.14. The second kappa shape index (κ2) is 6.17. The van der Waals surface area contributed by atoms with Gasteiger partial charge in [-0.15, -0.1) is 0 Å². The maximum absolute atomic E-state index is 11.2. The predicted molar refractivity (Wildman–Crippen MR) is 80.1 cm³/mol. The van der Waals surface area contributed by atoms with Crippen molar-refractivity contribution in [3.63, 3.8) is 0 Å². The zero-order valence-electron chi connectivity index (χ0n) is 11.8. The summed E-state index contributed by atoms with van der Waals surface area (Å²) in [4.78, 5) is 11.2. The second-order valence-electron chi connectivity index (χ2n) is 4.64. The van der Waals surface area contributed by atoms with E-state index in [2.05, 4.69) is 5.32 Å². The van der Waals surface area contributed by atoms with Crippen molar-refractivity contribution in [2.24, 2.45) is 0 Å². The van der Waals surface area contributed by atoms with Gasteiger partial charge in [0.25, 0.3) is 0 Å². The lowest BCUT2D eigenvalue weighted by Crippen LogP contribution is -2.11. The number of aromatic hydroxyl groups is 1. The number of rotatable bonds is 5. The third-order valence-electron chi connectivity index (χ3n) is 3.23. The summed E-state index contributed by atoms with van der Waals surface area (Å²) in [6.45, 7) is 1.84. The Kier molecular flexibility index (Phi) is 4.33. The first-order valence-electron chi connectivity index (χ1n) is 6.48. The number of carboxylic acid groups (broad SMARTS) is 1. The highest BCUT2D eigenvalue weighted by molar-refractivity contribution is 5.94. The largest absolute Gasteiger partial charge is 0.508 e. The molecule has 110 valence electrons. The summed E-state index contributed by atoms with van der Waals surface area (Å²) in [7, 11) is 1.55. The average Bonchev–Trinajstić information content (AvgIpc) is 2.48. The quantitative estimate of drug-likeness (QED) is 0.786. The van der Waals surface area contributed by atoms with E-state index in [1.807, 2.05) is 6.92 Å². The molecule has 0 aromatic heterocycles. The lowest BCUT2D eigenvalue weighted by atomic mass is 10.1. The molecule has 0 bridgehead atoms. The number of aromatic carboxylic acids is 1. The highest BCUT2D eigenvalue weighted by Crippen LogP contribution is 2.31. The minimum Gasteiger partial charge on any atom is -0.508 e. The first kappa shape index (κ1) is 14.7. The first-order chi connectivity index (χ1) is 10.0. The van der Waals surface area contributed by atoms with Gasteiger partial charge in [0.05, 0.1) is 18.7 Å². The van der Waals surface area contributed by atoms with Crippen molar-refractivity contribution in [2.75, 3.05) is 12.4 Å². The minimum atomic E-state index is -1.000. The van der Waals surface area contributed by atoms with Gasteiger partial charge in [-0.25, -0.2) is 4.79 Å². The first-order valence-corrected chi connectivity index (χ1v) is 6.48. The van der Waals surface area contributed by atoms with E-state index in [1.54, 1.807) is 43.5 Å². The third kappa shape index (κ3) is 3.25. The number of carbonyl (C=O) groups is 1. The SMILES string of the molecule is COc1ccc(O)c(C(C)Nc2ccccc2C(=O)O)c1. The topological polar surface area (TPSA) is 78.8 Å². The van der Waals surface area contributed by atoms with E-state index in [1.165, 1.54) is 6.07 Å². The molecule has 0 amide bonds. The molecule has 5 heteroatoms. The van der Waals surface area contributed by atoms with Crippen LogP contribution in [0.25, 0.3) is 0 Å². The fourth-order valence-electron chi connectivity index (χ4n) is 2.11. The van der Waals surface area contributed by atoms with E-state index in [0.29, 0.717) is 17.0 Å². The predicted octanol–water partition coefficient (Wildman–Crippen LogP) is 3.27. The van der Waals surface area contributed by atoms with E-state index < -0.39 is 5.97 Å². The van der Waals surface area contributed by atoms with E-state index in [0.717, 1.165) is 0 Å². The van der Waals surface area contributed by atoms with Gasteiger partial charge in [-0.05, 0) is 37.3 Å². The molecule has 2 aromatic rings. The molecule has 21 heavy (non-hydrogen) atoms. The number of hydrogen-bond acceptors (Lipinski definition) is 4. The smallest absolute Gasteiger partial charge is 0.337 e. The number of para-hydroxylation sites is 1. The van der Waals surface area contributed by atoms with Crippen LogP contribution in [0.2, 0.25) is 0 Å². The number of methoxy groups -OCH3 is 1. The van der Waals surface area contributed by atoms with Crippen LogP contribution in [-0.2, 0) is 0 Å². The van der Waals surface area contributed by atoms with Crippen LogP contribution in [0.4, 0.5) is 5.69 Å². The van der Waals surface area contributed by atoms with Crippen LogP contribution >= 0.6 is 0 Å². The van der Waals surface area contributed by atoms with Crippen molar-refractivity contribution in [3.8, 4) is 11.5 Å². The number of phenolic OH excluding ortho intramolecular Hbond substituents is 1. The Morgan fingerprint density at radius 1 is 1.24 bits per heavy atom. The molecule has 1 unspecified atom stereocenters. The van der Waals surface area contributed by atoms with Gasteiger partial charge in [0.15, 0.2) is 0 Å². The second-order valence-corrected chi connectivity index (χ2v) is 4.64. The highest BCUT2D eigenvalue weighted by atomic mass is 16.5. The van der Waals surface area contributed by atoms with Gasteiger partial charge in [0.2, 0.25) is 0 Å². The molecule has 5 nitrogen and oxygen atoms in total. The number of ether oxygens (including phenoxy) is 1. The van der Waals surface area contributed by atoms with Gasteiger partial charge in [-0.1, -0.05) is 12.1 Å². The third-order valence-corrected chi connectivity index (χ3v) is 3.23. The van der Waals surface area contributed by atoms with Crippen molar-refractivity contribution >= 4 is 11.7 Å². The summed E-state index contributed by atoms with van der Waals surface area (Å²) in [5.74, 6) is -0.244. The molecule has 3 N–H and O–H groups in total. The fourth-order valence-corrected chi connectivity index (χ4v) is 2.11. The normalized spacial score (nSPS) is 11.7. The van der Waals surface area contributed by atoms with Crippen molar-refractivity contribution in [1.29, 1.82) is 0 Å². The number of nitrogens with one attached hydrogen (secondary N) is 1. The number of benzene rings is 2. The van der Waals surface area contributed by atoms with Crippen LogP contribution in [0, 0.1) is 0 Å². The van der Waals surface area contributed by atoms with Crippen molar-refractivity contribution in [2.45, 2.75) is 13.0 Å². The zero-order chi connectivity index (χ0) is 15.4. The molecular weight excluding hydrogens is 270 g/mol. The lowest BCUT2D eigenvalue weighted by molar-refractivity contribution is 0.0698. The van der Waals surface area contributed by atoms with E-state index in [-0.39, 0.29) is 17.4 Å². The van der Waals surface area contributed by atoms with Gasteiger partial charge in [-0.3, -0.25) is 0 Å². The molecule has 0 aliphatic heterocycles. The number of phenols is 1. The summed E-state index contributed by atoms with van der Waals surface area (Å²) in [5.41, 5.74) is 1.32. The standard InChI is InChI=1S/C16H17NO4/c1-10(13-9-11(21-2)7-8-15(13)18)17-14-6-4-3-5-12(14)16(19)20/h3-10,17-18H,1-2H3,(H,19,20). The zero-order valence-corrected chi connectivity index (χ0v) is 11.8. The molecule has 2 rings (SSSR count). The summed E-state index contributed by atoms with van der Waals surface area (Å²) >= 11 is 0. The van der Waals surface area contributed by atoms with Crippen LogP contribution in [0.3, 0.4) is 0 Å². The molecule has 0 saturated heterocycles. The Morgan fingerprint density at radius 3 is 2.62 bits per heavy atom. The molecule has 0 saturated carbocycles. The Bertz CT molecular complexity index is 654. The molecule has 0 fully saturated rings. The summed E-state index contributed by atoms with van der Waals surface area (Å²) in [5, 5.41) is 22.2. The van der Waals surface area contributed by atoms with Crippen molar-refractivity contribution < 1.29 is 19.7 Å². The van der Waals surface area contributed by atoms with Gasteiger partial charge >= 0.3 is 5.97 Å². The summed E-state index contributed by atoms with van der Waals surface area (Å²) in [6, 6.07) is 11.3. The molecule has 2 aromatic carbocycles. The van der Waals surface area contributed by atoms with E-state index >= 15 is 0 Å². The minimum absolute atomic E-state index is 0.128. The molecular formula is C16H17NO4. The average molecular weight is 287 g/mol. The Morgan fingerprint density at radius 2 is 1.95 bits per heavy atom. The van der Waals surface area contributed by atoms with Gasteiger partial charge < -0.3 is 20.3 Å². The maximum atomic E-state index is 11.2. The lowest BCUT2D eigenvalue weighted by Gasteiger charge is -2.19. The van der Waals surface area contributed by atoms with Crippen LogP contribution in [0.15, 0.2) is 42.5 Å². The van der Waals surface area contributed by atoms with Crippen LogP contribution in [0.5, 0.6) is 11.5 Å².